The van der Waals surface area contributed by atoms with Gasteiger partial charge in [0.1, 0.15) is 11.3 Å². The van der Waals surface area contributed by atoms with Crippen molar-refractivity contribution < 1.29 is 4.42 Å². The summed E-state index contributed by atoms with van der Waals surface area (Å²) in [6, 6.07) is 63.0. The van der Waals surface area contributed by atoms with E-state index in [1.54, 1.807) is 6.20 Å². The van der Waals surface area contributed by atoms with Crippen molar-refractivity contribution in [2.75, 3.05) is 4.90 Å². The molecule has 0 spiro atoms. The van der Waals surface area contributed by atoms with Gasteiger partial charge in [-0.05, 0) is 99.9 Å². The Hall–Kier alpha value is -6.97. The van der Waals surface area contributed by atoms with E-state index in [0.717, 1.165) is 56.0 Å². The molecule has 0 bridgehead atoms. The molecule has 1 aromatic heterocycles. The maximum Gasteiger partial charge on any atom is 0.142 e. The van der Waals surface area contributed by atoms with Gasteiger partial charge in [-0.2, -0.15) is 0 Å². The second-order valence-corrected chi connectivity index (χ2v) is 13.3. The molecule has 0 aliphatic carbocycles. The van der Waals surface area contributed by atoms with E-state index in [4.69, 9.17) is 4.42 Å². The van der Waals surface area contributed by atoms with E-state index in [9.17, 15) is 0 Å². The van der Waals surface area contributed by atoms with Gasteiger partial charge in [0, 0.05) is 39.7 Å². The molecule has 252 valence electrons. The van der Waals surface area contributed by atoms with Crippen LogP contribution < -0.4 is 4.90 Å². The van der Waals surface area contributed by atoms with Gasteiger partial charge < -0.3 is 9.32 Å². The molecule has 3 heteroatoms. The van der Waals surface area contributed by atoms with Crippen molar-refractivity contribution in [3.8, 4) is 33.4 Å². The summed E-state index contributed by atoms with van der Waals surface area (Å²) in [6.45, 7) is 5.58. The number of benzene rings is 8. The van der Waals surface area contributed by atoms with Gasteiger partial charge in [0.2, 0.25) is 0 Å². The lowest BCUT2D eigenvalue weighted by molar-refractivity contribution is 0.578. The number of furan rings is 1. The molecular formula is C50H36N2O. The number of rotatable bonds is 8. The number of aliphatic imine (C=N–C) groups is 1. The van der Waals surface area contributed by atoms with Gasteiger partial charge in [0.05, 0.1) is 5.69 Å². The van der Waals surface area contributed by atoms with Gasteiger partial charge in [-0.3, -0.25) is 4.99 Å². The average molecular weight is 681 g/mol. The first-order valence-electron chi connectivity index (χ1n) is 17.9. The fourth-order valence-electron chi connectivity index (χ4n) is 7.65. The zero-order chi connectivity index (χ0) is 35.7. The van der Waals surface area contributed by atoms with Crippen LogP contribution in [0.2, 0.25) is 0 Å². The molecule has 9 aromatic rings. The van der Waals surface area contributed by atoms with Crippen LogP contribution in [-0.2, 0) is 0 Å². The minimum atomic E-state index is 0.854. The molecule has 1 heterocycles. The highest BCUT2D eigenvalue weighted by Crippen LogP contribution is 2.43. The summed E-state index contributed by atoms with van der Waals surface area (Å²) >= 11 is 0. The fourth-order valence-corrected chi connectivity index (χ4v) is 7.65. The molecule has 0 N–H and O–H groups in total. The van der Waals surface area contributed by atoms with Crippen LogP contribution in [-0.4, -0.2) is 6.72 Å². The smallest absolute Gasteiger partial charge is 0.142 e. The van der Waals surface area contributed by atoms with Crippen LogP contribution in [0, 0.1) is 6.92 Å². The van der Waals surface area contributed by atoms with Crippen LogP contribution in [0.4, 0.5) is 17.1 Å². The van der Waals surface area contributed by atoms with E-state index < -0.39 is 0 Å². The molecule has 0 aliphatic rings. The Labute approximate surface area is 309 Å². The number of hydrogen-bond acceptors (Lipinski definition) is 3. The van der Waals surface area contributed by atoms with Gasteiger partial charge in [-0.1, -0.05) is 140 Å². The highest BCUT2D eigenvalue weighted by Gasteiger charge is 2.19. The first-order valence-corrected chi connectivity index (χ1v) is 17.9. The Morgan fingerprint density at radius 2 is 1.08 bits per heavy atom. The lowest BCUT2D eigenvalue weighted by atomic mass is 9.93. The van der Waals surface area contributed by atoms with Crippen LogP contribution in [0.1, 0.15) is 11.3 Å². The van der Waals surface area contributed by atoms with Crippen molar-refractivity contribution in [1.29, 1.82) is 0 Å². The van der Waals surface area contributed by atoms with Gasteiger partial charge in [0.15, 0.2) is 0 Å². The second kappa shape index (κ2) is 13.6. The standard InChI is InChI=1S/C50H36N2O/c1-34-41(31-32-51-2)47-21-12-20-44(50(47)53-34)36-23-27-39(28-24-36)52(49-22-11-10-17-43(49)35-13-4-3-5-14-35)40-29-25-37(26-30-40)48-33-38-15-6-7-16-42(38)45-18-8-9-19-46(45)48/h3-33H,2H2,1H3/b32-31-. The Bertz CT molecular complexity index is 2790. The van der Waals surface area contributed by atoms with E-state index in [1.807, 2.05) is 13.0 Å². The highest BCUT2D eigenvalue weighted by molar-refractivity contribution is 6.13. The van der Waals surface area contributed by atoms with E-state index in [1.165, 1.54) is 38.2 Å². The largest absolute Gasteiger partial charge is 0.460 e. The summed E-state index contributed by atoms with van der Waals surface area (Å²) in [7, 11) is 0. The fraction of sp³-hybridized carbons (Fsp3) is 0.0200. The number of fused-ring (bicyclic) bond motifs is 4. The molecule has 3 nitrogen and oxygen atoms in total. The molecular weight excluding hydrogens is 645 g/mol. The topological polar surface area (TPSA) is 28.7 Å². The zero-order valence-electron chi connectivity index (χ0n) is 29.4. The predicted molar refractivity (Wildman–Crippen MR) is 226 cm³/mol. The lowest BCUT2D eigenvalue weighted by Crippen LogP contribution is -2.11. The quantitative estimate of drug-likeness (QED) is 0.118. The molecule has 0 atom stereocenters. The highest BCUT2D eigenvalue weighted by atomic mass is 16.3. The SMILES string of the molecule is C=N/C=C\c1c(C)oc2c(-c3ccc(N(c4ccc(-c5cc6ccccc6c6ccccc56)cc4)c4ccccc4-c4ccccc4)cc3)cccc12. The van der Waals surface area contributed by atoms with Gasteiger partial charge in [0.25, 0.3) is 0 Å². The molecule has 53 heavy (non-hydrogen) atoms. The lowest BCUT2D eigenvalue weighted by Gasteiger charge is -2.28. The zero-order valence-corrected chi connectivity index (χ0v) is 29.4. The number of anilines is 3. The van der Waals surface area contributed by atoms with E-state index in [2.05, 4.69) is 193 Å². The van der Waals surface area contributed by atoms with Crippen molar-refractivity contribution in [3.63, 3.8) is 0 Å². The molecule has 9 rings (SSSR count). The summed E-state index contributed by atoms with van der Waals surface area (Å²) in [5.41, 5.74) is 12.0. The van der Waals surface area contributed by atoms with Gasteiger partial charge in [-0.15, -0.1) is 0 Å². The van der Waals surface area contributed by atoms with Crippen LogP contribution in [0.3, 0.4) is 0 Å². The molecule has 0 unspecified atom stereocenters. The minimum absolute atomic E-state index is 0.854. The third-order valence-electron chi connectivity index (χ3n) is 10.2. The Morgan fingerprint density at radius 1 is 0.509 bits per heavy atom. The summed E-state index contributed by atoms with van der Waals surface area (Å²) in [4.78, 5) is 6.27. The third kappa shape index (κ3) is 5.79. The average Bonchev–Trinajstić information content (AvgIpc) is 3.55. The molecule has 0 amide bonds. The molecule has 0 saturated heterocycles. The first kappa shape index (κ1) is 32.0. The molecule has 8 aromatic carbocycles. The monoisotopic (exact) mass is 680 g/mol. The van der Waals surface area contributed by atoms with Crippen molar-refractivity contribution >= 4 is 62.4 Å². The molecule has 0 radical (unpaired) electrons. The van der Waals surface area contributed by atoms with Crippen LogP contribution in [0.15, 0.2) is 192 Å². The first-order chi connectivity index (χ1) is 26.2. The normalized spacial score (nSPS) is 11.5. The van der Waals surface area contributed by atoms with Gasteiger partial charge in [-0.25, -0.2) is 0 Å². The molecule has 0 aliphatic heterocycles. The van der Waals surface area contributed by atoms with Crippen molar-refractivity contribution in [1.82, 2.24) is 0 Å². The van der Waals surface area contributed by atoms with E-state index in [-0.39, 0.29) is 0 Å². The summed E-state index contributed by atoms with van der Waals surface area (Å²) in [5, 5.41) is 6.09. The Morgan fingerprint density at radius 3 is 1.81 bits per heavy atom. The minimum Gasteiger partial charge on any atom is -0.460 e. The van der Waals surface area contributed by atoms with E-state index in [0.29, 0.717) is 0 Å². The van der Waals surface area contributed by atoms with E-state index >= 15 is 0 Å². The molecule has 0 saturated carbocycles. The van der Waals surface area contributed by atoms with Crippen molar-refractivity contribution in [2.24, 2.45) is 4.99 Å². The summed E-state index contributed by atoms with van der Waals surface area (Å²) < 4.78 is 6.34. The van der Waals surface area contributed by atoms with Crippen LogP contribution >= 0.6 is 0 Å². The third-order valence-corrected chi connectivity index (χ3v) is 10.2. The maximum absolute atomic E-state index is 6.34. The van der Waals surface area contributed by atoms with Crippen LogP contribution in [0.25, 0.3) is 72.0 Å². The van der Waals surface area contributed by atoms with Crippen LogP contribution in [0.5, 0.6) is 0 Å². The summed E-state index contributed by atoms with van der Waals surface area (Å²) in [6.07, 6.45) is 3.66. The number of hydrogen-bond donors (Lipinski definition) is 0. The number of nitrogens with zero attached hydrogens (tertiary/aromatic N) is 2. The van der Waals surface area contributed by atoms with Crippen molar-refractivity contribution in [2.45, 2.75) is 6.92 Å². The second-order valence-electron chi connectivity index (χ2n) is 13.3. The number of para-hydroxylation sites is 2. The Balaban J connectivity index is 1.17. The molecule has 0 fully saturated rings. The Kier molecular flexibility index (Phi) is 8.22. The van der Waals surface area contributed by atoms with Crippen molar-refractivity contribution in [3.05, 3.63) is 193 Å². The maximum atomic E-state index is 6.34. The summed E-state index contributed by atoms with van der Waals surface area (Å²) in [5.74, 6) is 0.854. The predicted octanol–water partition coefficient (Wildman–Crippen LogP) is 14.2. The number of aryl methyl sites for hydroxylation is 1. The van der Waals surface area contributed by atoms with Gasteiger partial charge >= 0.3 is 0 Å².